The average molecular weight is 216 g/mol. The summed E-state index contributed by atoms with van der Waals surface area (Å²) in [5.74, 6) is 0.497. The summed E-state index contributed by atoms with van der Waals surface area (Å²) in [6, 6.07) is 4.12. The molecule has 2 aliphatic rings. The molecule has 2 N–H and O–H groups in total. The second-order valence-electron chi connectivity index (χ2n) is 3.95. The van der Waals surface area contributed by atoms with Crippen LogP contribution in [0.1, 0.15) is 17.3 Å². The van der Waals surface area contributed by atoms with E-state index in [9.17, 15) is 0 Å². The third-order valence-electron chi connectivity index (χ3n) is 3.11. The van der Waals surface area contributed by atoms with Crippen LogP contribution >= 0.6 is 0 Å². The minimum atomic E-state index is 0.0216. The Balaban J connectivity index is 2.09. The van der Waals surface area contributed by atoms with Crippen LogP contribution < -0.4 is 5.48 Å². The minimum Gasteiger partial charge on any atom is -0.335 e. The summed E-state index contributed by atoms with van der Waals surface area (Å²) in [7, 11) is 1.90. The molecular formula is C11H12N4O. The predicted molar refractivity (Wildman–Crippen MR) is 59.9 cm³/mol. The Kier molecular flexibility index (Phi) is 1.94. The molecule has 0 radical (unpaired) electrons. The molecule has 0 bridgehead atoms. The molecule has 1 aliphatic heterocycles. The number of guanidine groups is 1. The van der Waals surface area contributed by atoms with Gasteiger partial charge in [-0.1, -0.05) is 12.1 Å². The highest BCUT2D eigenvalue weighted by molar-refractivity contribution is 5.82. The van der Waals surface area contributed by atoms with Gasteiger partial charge in [-0.2, -0.15) is 0 Å². The van der Waals surface area contributed by atoms with Crippen LogP contribution in [0.3, 0.4) is 0 Å². The molecule has 0 saturated heterocycles. The van der Waals surface area contributed by atoms with Crippen molar-refractivity contribution < 1.29 is 5.21 Å². The zero-order valence-electron chi connectivity index (χ0n) is 8.83. The number of nitrogens with zero attached hydrogens (tertiary/aromatic N) is 3. The Bertz CT molecular complexity index is 483. The second-order valence-corrected chi connectivity index (χ2v) is 3.95. The summed E-state index contributed by atoms with van der Waals surface area (Å²) in [5.41, 5.74) is 4.18. The normalized spacial score (nSPS) is 26.1. The third-order valence-corrected chi connectivity index (χ3v) is 3.11. The Hall–Kier alpha value is -1.88. The van der Waals surface area contributed by atoms with Gasteiger partial charge < -0.3 is 4.90 Å². The van der Waals surface area contributed by atoms with Crippen LogP contribution in [0.4, 0.5) is 0 Å². The maximum Gasteiger partial charge on any atom is 0.219 e. The Morgan fingerprint density at radius 1 is 1.50 bits per heavy atom. The highest BCUT2D eigenvalue weighted by atomic mass is 16.5. The highest BCUT2D eigenvalue weighted by Gasteiger charge is 2.36. The van der Waals surface area contributed by atoms with E-state index in [0.717, 1.165) is 11.3 Å². The van der Waals surface area contributed by atoms with E-state index in [-0.39, 0.29) is 12.1 Å². The molecule has 0 saturated carbocycles. The summed E-state index contributed by atoms with van der Waals surface area (Å²) < 4.78 is 0. The molecule has 0 fully saturated rings. The molecular weight excluding hydrogens is 204 g/mol. The van der Waals surface area contributed by atoms with Gasteiger partial charge in [-0.25, -0.2) is 10.5 Å². The van der Waals surface area contributed by atoms with Crippen molar-refractivity contribution in [1.29, 1.82) is 0 Å². The molecule has 16 heavy (non-hydrogen) atoms. The van der Waals surface area contributed by atoms with Crippen LogP contribution in [-0.4, -0.2) is 34.1 Å². The number of fused-ring (bicyclic) bond motifs is 3. The lowest BCUT2D eigenvalue weighted by Gasteiger charge is -2.26. The molecule has 5 heteroatoms. The van der Waals surface area contributed by atoms with Crippen LogP contribution in [0.5, 0.6) is 0 Å². The van der Waals surface area contributed by atoms with Gasteiger partial charge >= 0.3 is 0 Å². The lowest BCUT2D eigenvalue weighted by Crippen LogP contribution is -2.39. The molecule has 2 heterocycles. The van der Waals surface area contributed by atoms with Gasteiger partial charge in [-0.05, 0) is 12.1 Å². The monoisotopic (exact) mass is 216 g/mol. The van der Waals surface area contributed by atoms with E-state index in [1.807, 2.05) is 30.2 Å². The summed E-state index contributed by atoms with van der Waals surface area (Å²) in [5, 5.41) is 8.97. The zero-order valence-corrected chi connectivity index (χ0v) is 8.83. The highest BCUT2D eigenvalue weighted by Crippen LogP contribution is 2.35. The van der Waals surface area contributed by atoms with E-state index in [0.29, 0.717) is 5.96 Å². The lowest BCUT2D eigenvalue weighted by molar-refractivity contribution is 0.216. The number of hydrogen-bond donors (Lipinski definition) is 2. The number of hydroxylamine groups is 1. The first kappa shape index (κ1) is 9.35. The van der Waals surface area contributed by atoms with E-state index >= 15 is 0 Å². The summed E-state index contributed by atoms with van der Waals surface area (Å²) in [6.45, 7) is 0. The first-order valence-electron chi connectivity index (χ1n) is 5.15. The van der Waals surface area contributed by atoms with Crippen molar-refractivity contribution in [2.75, 3.05) is 7.05 Å². The smallest absolute Gasteiger partial charge is 0.219 e. The van der Waals surface area contributed by atoms with Gasteiger partial charge in [0.25, 0.3) is 0 Å². The summed E-state index contributed by atoms with van der Waals surface area (Å²) in [6.07, 6.45) is 5.84. The first-order chi connectivity index (χ1) is 7.81. The van der Waals surface area contributed by atoms with Crippen molar-refractivity contribution in [3.63, 3.8) is 0 Å². The SMILES string of the molecule is CN1C(NO)=NC2c3cccnc3C=CC21. The fourth-order valence-corrected chi connectivity index (χ4v) is 2.26. The Morgan fingerprint density at radius 2 is 2.38 bits per heavy atom. The number of aliphatic imine (C=N–C) groups is 1. The Morgan fingerprint density at radius 3 is 3.19 bits per heavy atom. The van der Waals surface area contributed by atoms with E-state index in [1.54, 1.807) is 6.20 Å². The topological polar surface area (TPSA) is 60.8 Å². The minimum absolute atomic E-state index is 0.0216. The molecule has 0 amide bonds. The van der Waals surface area contributed by atoms with Gasteiger partial charge in [0.1, 0.15) is 6.04 Å². The number of aromatic nitrogens is 1. The van der Waals surface area contributed by atoms with Gasteiger partial charge in [-0.15, -0.1) is 0 Å². The maximum atomic E-state index is 8.97. The molecule has 0 spiro atoms. The molecule has 1 aromatic rings. The van der Waals surface area contributed by atoms with Gasteiger partial charge in [0.05, 0.1) is 11.7 Å². The van der Waals surface area contributed by atoms with E-state index < -0.39 is 0 Å². The van der Waals surface area contributed by atoms with Gasteiger partial charge in [0.15, 0.2) is 0 Å². The summed E-state index contributed by atoms with van der Waals surface area (Å²) >= 11 is 0. The lowest BCUT2D eigenvalue weighted by atomic mass is 9.93. The van der Waals surface area contributed by atoms with E-state index in [4.69, 9.17) is 5.21 Å². The van der Waals surface area contributed by atoms with Crippen LogP contribution in [0.25, 0.3) is 6.08 Å². The van der Waals surface area contributed by atoms with Crippen molar-refractivity contribution in [2.24, 2.45) is 4.99 Å². The van der Waals surface area contributed by atoms with Crippen molar-refractivity contribution in [3.05, 3.63) is 35.7 Å². The van der Waals surface area contributed by atoms with Crippen molar-refractivity contribution in [3.8, 4) is 0 Å². The molecule has 2 unspecified atom stereocenters. The van der Waals surface area contributed by atoms with Gasteiger partial charge in [-0.3, -0.25) is 10.2 Å². The number of hydrogen-bond acceptors (Lipinski definition) is 5. The molecule has 0 aromatic carbocycles. The maximum absolute atomic E-state index is 8.97. The van der Waals surface area contributed by atoms with Crippen LogP contribution in [0, 0.1) is 0 Å². The molecule has 82 valence electrons. The standard InChI is InChI=1S/C11H12N4O/c1-15-9-5-4-8-7(3-2-6-12-8)10(9)13-11(15)14-16/h2-6,9-10,16H,1H3,(H,13,14). The van der Waals surface area contributed by atoms with Crippen molar-refractivity contribution >= 4 is 12.0 Å². The number of rotatable bonds is 0. The Labute approximate surface area is 93.1 Å². The number of pyridine rings is 1. The van der Waals surface area contributed by atoms with Gasteiger partial charge in [0.2, 0.25) is 5.96 Å². The van der Waals surface area contributed by atoms with Crippen LogP contribution in [0.15, 0.2) is 29.4 Å². The zero-order chi connectivity index (χ0) is 11.1. The quantitative estimate of drug-likeness (QED) is 0.630. The molecule has 2 atom stereocenters. The predicted octanol–water partition coefficient (Wildman–Crippen LogP) is 0.798. The largest absolute Gasteiger partial charge is 0.335 e. The molecule has 1 aromatic heterocycles. The van der Waals surface area contributed by atoms with Crippen molar-refractivity contribution in [1.82, 2.24) is 15.4 Å². The first-order valence-corrected chi connectivity index (χ1v) is 5.15. The fourth-order valence-electron chi connectivity index (χ4n) is 2.26. The molecule has 3 rings (SSSR count). The van der Waals surface area contributed by atoms with E-state index in [1.165, 1.54) is 0 Å². The molecule has 1 aliphatic carbocycles. The number of nitrogens with one attached hydrogen (secondary N) is 1. The van der Waals surface area contributed by atoms with Crippen LogP contribution in [-0.2, 0) is 0 Å². The van der Waals surface area contributed by atoms with Crippen molar-refractivity contribution in [2.45, 2.75) is 12.1 Å². The molecule has 5 nitrogen and oxygen atoms in total. The van der Waals surface area contributed by atoms with E-state index in [2.05, 4.69) is 21.5 Å². The van der Waals surface area contributed by atoms with Crippen LogP contribution in [0.2, 0.25) is 0 Å². The average Bonchev–Trinajstić information content (AvgIpc) is 2.67. The van der Waals surface area contributed by atoms with Gasteiger partial charge in [0, 0.05) is 18.8 Å². The summed E-state index contributed by atoms with van der Waals surface area (Å²) in [4.78, 5) is 10.7. The number of likely N-dealkylation sites (N-methyl/N-ethyl adjacent to an activating group) is 1. The second kappa shape index (κ2) is 3.31. The third kappa shape index (κ3) is 1.15. The fraction of sp³-hybridized carbons (Fsp3) is 0.273.